The molecule has 3 N–H and O–H groups in total. The third-order valence-corrected chi connectivity index (χ3v) is 6.92. The Morgan fingerprint density at radius 1 is 1.34 bits per heavy atom. The number of alkyl carbamates (subject to hydrolysis) is 1. The minimum atomic E-state index is -2.37. The number of nitrogens with zero attached hydrogens (tertiary/aromatic N) is 4. The van der Waals surface area contributed by atoms with E-state index in [1.807, 2.05) is 13.8 Å². The molecule has 2 aromatic heterocycles. The number of nitrogens with two attached hydrogens (primary N) is 1. The number of carbonyl (C=O) groups excluding carboxylic acids is 2. The number of imidazole rings is 1. The number of fused-ring (bicyclic) bond motifs is 1. The summed E-state index contributed by atoms with van der Waals surface area (Å²) in [6, 6.07) is 0. The van der Waals surface area contributed by atoms with Crippen molar-refractivity contribution in [1.29, 1.82) is 0 Å². The predicted octanol–water partition coefficient (Wildman–Crippen LogP) is 3.21. The van der Waals surface area contributed by atoms with Crippen LogP contribution in [0.3, 0.4) is 0 Å². The second-order valence-electron chi connectivity index (χ2n) is 8.71. The summed E-state index contributed by atoms with van der Waals surface area (Å²) < 4.78 is 41.0. The molecular weight excluding hydrogens is 539 g/mol. The Morgan fingerprint density at radius 2 is 2.13 bits per heavy atom. The quantitative estimate of drug-likeness (QED) is 0.249. The van der Waals surface area contributed by atoms with Crippen LogP contribution in [0.1, 0.15) is 46.8 Å². The number of rotatable bonds is 14. The molecular formula is C22H34N6O8PS+. The Labute approximate surface area is 225 Å². The summed E-state index contributed by atoms with van der Waals surface area (Å²) in [6.07, 6.45) is 0.947. The molecule has 3 rings (SSSR count). The van der Waals surface area contributed by atoms with Gasteiger partial charge in [0.25, 0.3) is 0 Å². The summed E-state index contributed by atoms with van der Waals surface area (Å²) in [5.41, 5.74) is 6.85. The third-order valence-electron chi connectivity index (χ3n) is 5.27. The summed E-state index contributed by atoms with van der Waals surface area (Å²) >= 11 is 1.03. The first-order valence-corrected chi connectivity index (χ1v) is 14.4. The number of aromatic nitrogens is 4. The van der Waals surface area contributed by atoms with Gasteiger partial charge >= 0.3 is 14.3 Å². The fourth-order valence-corrected chi connectivity index (χ4v) is 5.11. The van der Waals surface area contributed by atoms with Crippen molar-refractivity contribution in [3.05, 3.63) is 6.33 Å². The third kappa shape index (κ3) is 8.73. The highest BCUT2D eigenvalue weighted by molar-refractivity contribution is 8.13. The fourth-order valence-electron chi connectivity index (χ4n) is 3.74. The van der Waals surface area contributed by atoms with Gasteiger partial charge in [-0.1, -0.05) is 18.7 Å². The van der Waals surface area contributed by atoms with E-state index in [4.69, 9.17) is 29.0 Å². The first kappa shape index (κ1) is 30.0. The molecule has 16 heteroatoms. The number of amides is 1. The van der Waals surface area contributed by atoms with Gasteiger partial charge in [-0.3, -0.25) is 9.36 Å². The van der Waals surface area contributed by atoms with Gasteiger partial charge in [-0.2, -0.15) is 9.97 Å². The fraction of sp³-hybridized carbons (Fsp3) is 0.682. The second-order valence-corrected chi connectivity index (χ2v) is 10.8. The number of anilines is 1. The van der Waals surface area contributed by atoms with Crippen LogP contribution in [0, 0.1) is 5.92 Å². The van der Waals surface area contributed by atoms with Crippen LogP contribution in [0.2, 0.25) is 0 Å². The van der Waals surface area contributed by atoms with Gasteiger partial charge < -0.3 is 25.3 Å². The molecule has 1 saturated heterocycles. The van der Waals surface area contributed by atoms with E-state index < -0.39 is 14.3 Å². The molecule has 2 aromatic rings. The minimum absolute atomic E-state index is 0.0727. The molecule has 0 aromatic carbocycles. The largest absolute Gasteiger partial charge is 0.697 e. The van der Waals surface area contributed by atoms with Crippen molar-refractivity contribution in [3.63, 3.8) is 0 Å². The van der Waals surface area contributed by atoms with E-state index in [-0.39, 0.29) is 61.6 Å². The van der Waals surface area contributed by atoms with Gasteiger partial charge in [-0.05, 0) is 27.2 Å². The van der Waals surface area contributed by atoms with Crippen molar-refractivity contribution in [2.75, 3.05) is 37.9 Å². The molecule has 0 radical (unpaired) electrons. The summed E-state index contributed by atoms with van der Waals surface area (Å²) in [5, 5.41) is 2.38. The van der Waals surface area contributed by atoms with Crippen LogP contribution in [0.5, 0.6) is 5.88 Å². The highest BCUT2D eigenvalue weighted by Gasteiger charge is 2.37. The van der Waals surface area contributed by atoms with Gasteiger partial charge in [0, 0.05) is 29.2 Å². The molecule has 0 spiro atoms. The number of ether oxygens (including phenoxy) is 3. The van der Waals surface area contributed by atoms with Gasteiger partial charge in [0.2, 0.25) is 11.8 Å². The van der Waals surface area contributed by atoms with Crippen molar-refractivity contribution in [2.24, 2.45) is 5.92 Å². The molecule has 0 saturated carbocycles. The molecule has 0 aliphatic carbocycles. The van der Waals surface area contributed by atoms with Gasteiger partial charge in [0.1, 0.15) is 19.4 Å². The molecule has 4 atom stereocenters. The summed E-state index contributed by atoms with van der Waals surface area (Å²) in [4.78, 5) is 36.0. The molecule has 4 unspecified atom stereocenters. The molecule has 1 fully saturated rings. The number of nitrogens with one attached hydrogen (secondary N) is 1. The zero-order valence-electron chi connectivity index (χ0n) is 21.8. The maximum absolute atomic E-state index is 12.1. The summed E-state index contributed by atoms with van der Waals surface area (Å²) in [6.45, 7) is 8.09. The van der Waals surface area contributed by atoms with Crippen LogP contribution >= 0.6 is 20.0 Å². The summed E-state index contributed by atoms with van der Waals surface area (Å²) in [5.74, 6) is 0.790. The van der Waals surface area contributed by atoms with E-state index >= 15 is 0 Å². The monoisotopic (exact) mass is 573 g/mol. The van der Waals surface area contributed by atoms with E-state index in [2.05, 4.69) is 20.3 Å². The van der Waals surface area contributed by atoms with E-state index in [0.717, 1.165) is 11.8 Å². The van der Waals surface area contributed by atoms with Crippen molar-refractivity contribution in [2.45, 2.75) is 59.0 Å². The lowest BCUT2D eigenvalue weighted by atomic mass is 10.1. The zero-order valence-corrected chi connectivity index (χ0v) is 23.5. The van der Waals surface area contributed by atoms with E-state index in [9.17, 15) is 14.2 Å². The maximum Gasteiger partial charge on any atom is 0.697 e. The smallest absolute Gasteiger partial charge is 0.476 e. The molecule has 3 heterocycles. The predicted molar refractivity (Wildman–Crippen MR) is 140 cm³/mol. The first-order chi connectivity index (χ1) is 18.2. The Morgan fingerprint density at radius 3 is 2.87 bits per heavy atom. The molecule has 0 bridgehead atoms. The first-order valence-electron chi connectivity index (χ1n) is 12.3. The maximum atomic E-state index is 12.1. The van der Waals surface area contributed by atoms with Gasteiger partial charge in [0.05, 0.1) is 25.1 Å². The Balaban J connectivity index is 1.37. The second kappa shape index (κ2) is 14.5. The average molecular weight is 574 g/mol. The van der Waals surface area contributed by atoms with Crippen LogP contribution < -0.4 is 15.8 Å². The minimum Gasteiger partial charge on any atom is -0.476 e. The van der Waals surface area contributed by atoms with Crippen LogP contribution in [-0.2, 0) is 27.9 Å². The van der Waals surface area contributed by atoms with Crippen molar-refractivity contribution in [1.82, 2.24) is 24.8 Å². The lowest BCUT2D eigenvalue weighted by Crippen LogP contribution is -2.28. The van der Waals surface area contributed by atoms with Crippen LogP contribution in [0.25, 0.3) is 11.2 Å². The number of hydrogen-bond donors (Lipinski definition) is 2. The number of hydrogen-bond acceptors (Lipinski definition) is 13. The molecule has 210 valence electrons. The number of carbonyl (C=O) groups is 2. The highest BCUT2D eigenvalue weighted by atomic mass is 32.2. The zero-order chi connectivity index (χ0) is 27.7. The van der Waals surface area contributed by atoms with Gasteiger partial charge in [-0.15, -0.1) is 9.05 Å². The highest BCUT2D eigenvalue weighted by Crippen LogP contribution is 2.38. The van der Waals surface area contributed by atoms with Crippen LogP contribution in [0.15, 0.2) is 6.33 Å². The standard InChI is InChI=1S/C22H33N6O8PS/c1-5-32-19-17-18(26-21(23)27-19)28(12-25-17)20-14(4)10-15(36-20)11-34-37(31)33-8-9-38-16(29)6-7-24-22(30)35-13(2)3/h12-15,20H,5-11H2,1-4H3,(H2-,23,24,26,27,30)/p+1. The summed E-state index contributed by atoms with van der Waals surface area (Å²) in [7, 11) is -2.37. The van der Waals surface area contributed by atoms with Crippen LogP contribution in [-0.4, -0.2) is 75.1 Å². The molecule has 38 heavy (non-hydrogen) atoms. The van der Waals surface area contributed by atoms with Crippen LogP contribution in [0.4, 0.5) is 10.7 Å². The van der Waals surface area contributed by atoms with E-state index in [1.165, 1.54) is 0 Å². The topological polar surface area (TPSA) is 179 Å². The molecule has 1 amide bonds. The Hall–Kier alpha value is -2.58. The van der Waals surface area contributed by atoms with E-state index in [1.54, 1.807) is 24.7 Å². The Kier molecular flexibility index (Phi) is 11.5. The Bertz CT molecular complexity index is 1120. The van der Waals surface area contributed by atoms with Gasteiger partial charge in [0.15, 0.2) is 16.3 Å². The molecule has 1 aliphatic heterocycles. The molecule has 14 nitrogen and oxygen atoms in total. The molecule has 1 aliphatic rings. The van der Waals surface area contributed by atoms with Crippen molar-refractivity contribution >= 4 is 48.3 Å². The average Bonchev–Trinajstić information content (AvgIpc) is 3.43. The van der Waals surface area contributed by atoms with Gasteiger partial charge in [-0.25, -0.2) is 9.78 Å². The normalized spacial score (nSPS) is 19.6. The lowest BCUT2D eigenvalue weighted by molar-refractivity contribution is -0.110. The number of nitrogen functional groups attached to an aromatic ring is 1. The van der Waals surface area contributed by atoms with Crippen molar-refractivity contribution in [3.8, 4) is 5.88 Å². The lowest BCUT2D eigenvalue weighted by Gasteiger charge is -2.17. The van der Waals surface area contributed by atoms with E-state index in [0.29, 0.717) is 35.8 Å². The van der Waals surface area contributed by atoms with Crippen molar-refractivity contribution < 1.29 is 37.4 Å². The SMILES string of the molecule is CCOc1nc(N)nc2c1ncn2C1OC(CO[P+](=O)OCCSC(=O)CCNC(=O)OC(C)C)CC1C. The number of thioether (sulfide) groups is 1.